The summed E-state index contributed by atoms with van der Waals surface area (Å²) >= 11 is 0. The first-order chi connectivity index (χ1) is 10.3. The van der Waals surface area contributed by atoms with Gasteiger partial charge in [0.25, 0.3) is 0 Å². The Bertz CT molecular complexity index is 597. The molecule has 0 bridgehead atoms. The molecule has 1 aromatic heterocycles. The molecule has 21 heavy (non-hydrogen) atoms. The number of hydrogen-bond donors (Lipinski definition) is 1. The van der Waals surface area contributed by atoms with Crippen molar-refractivity contribution < 1.29 is 4.74 Å². The third-order valence-corrected chi connectivity index (χ3v) is 3.92. The molecule has 1 N–H and O–H groups in total. The average molecular weight is 283 g/mol. The van der Waals surface area contributed by atoms with Gasteiger partial charge in [0.1, 0.15) is 11.6 Å². The predicted octanol–water partition coefficient (Wildman–Crippen LogP) is 3.28. The Morgan fingerprint density at radius 1 is 1.24 bits per heavy atom. The third kappa shape index (κ3) is 2.85. The van der Waals surface area contributed by atoms with Crippen LogP contribution in [0.25, 0.3) is 0 Å². The van der Waals surface area contributed by atoms with Crippen LogP contribution in [0, 0.1) is 0 Å². The zero-order valence-electron chi connectivity index (χ0n) is 12.5. The predicted molar refractivity (Wildman–Crippen MR) is 85.3 cm³/mol. The maximum Gasteiger partial charge on any atom is 0.142 e. The number of fused-ring (bicyclic) bond motifs is 1. The normalized spacial score (nSPS) is 15.8. The molecule has 1 atom stereocenters. The minimum atomic E-state index is 0.311. The van der Waals surface area contributed by atoms with Crippen LogP contribution in [-0.4, -0.2) is 25.2 Å². The van der Waals surface area contributed by atoms with Gasteiger partial charge in [-0.15, -0.1) is 0 Å². The van der Waals surface area contributed by atoms with Gasteiger partial charge >= 0.3 is 0 Å². The Kier molecular flexibility index (Phi) is 4.06. The second-order valence-electron chi connectivity index (χ2n) is 5.28. The van der Waals surface area contributed by atoms with Crippen LogP contribution in [0.2, 0.25) is 0 Å². The highest BCUT2D eigenvalue weighted by Crippen LogP contribution is 2.34. The van der Waals surface area contributed by atoms with E-state index in [1.54, 1.807) is 0 Å². The molecule has 4 nitrogen and oxygen atoms in total. The Balaban J connectivity index is 1.93. The number of nitrogens with zero attached hydrogens (tertiary/aromatic N) is 2. The lowest BCUT2D eigenvalue weighted by atomic mass is 10.1. The summed E-state index contributed by atoms with van der Waals surface area (Å²) in [7, 11) is 1.96. The highest BCUT2D eigenvalue weighted by molar-refractivity contribution is 5.67. The smallest absolute Gasteiger partial charge is 0.142 e. The molecule has 1 aromatic carbocycles. The van der Waals surface area contributed by atoms with Crippen molar-refractivity contribution in [2.24, 2.45) is 0 Å². The summed E-state index contributed by atoms with van der Waals surface area (Å²) in [5.74, 6) is 1.91. The van der Waals surface area contributed by atoms with Crippen LogP contribution < -0.4 is 15.0 Å². The molecule has 0 amide bonds. The van der Waals surface area contributed by atoms with E-state index in [1.807, 2.05) is 31.4 Å². The molecule has 4 heteroatoms. The van der Waals surface area contributed by atoms with Crippen LogP contribution in [0.5, 0.6) is 5.75 Å². The van der Waals surface area contributed by atoms with E-state index in [0.717, 1.165) is 36.8 Å². The van der Waals surface area contributed by atoms with E-state index in [-0.39, 0.29) is 0 Å². The molecule has 1 unspecified atom stereocenters. The summed E-state index contributed by atoms with van der Waals surface area (Å²) in [6.07, 6.45) is 2.94. The number of aromatic nitrogens is 1. The average Bonchev–Trinajstić information content (AvgIpc) is 2.77. The van der Waals surface area contributed by atoms with Crippen molar-refractivity contribution >= 4 is 11.5 Å². The van der Waals surface area contributed by atoms with Gasteiger partial charge in [0.05, 0.1) is 12.3 Å². The summed E-state index contributed by atoms with van der Waals surface area (Å²) in [6.45, 7) is 3.80. The van der Waals surface area contributed by atoms with Crippen molar-refractivity contribution in [3.8, 4) is 5.75 Å². The minimum Gasteiger partial charge on any atom is -0.491 e. The molecule has 0 aliphatic carbocycles. The highest BCUT2D eigenvalue weighted by atomic mass is 16.5. The van der Waals surface area contributed by atoms with E-state index in [0.29, 0.717) is 6.04 Å². The lowest BCUT2D eigenvalue weighted by Crippen LogP contribution is -2.19. The molecule has 0 fully saturated rings. The Morgan fingerprint density at radius 3 is 2.86 bits per heavy atom. The summed E-state index contributed by atoms with van der Waals surface area (Å²) < 4.78 is 5.80. The van der Waals surface area contributed by atoms with E-state index >= 15 is 0 Å². The van der Waals surface area contributed by atoms with Crippen LogP contribution in [0.1, 0.15) is 24.9 Å². The molecule has 0 saturated heterocycles. The van der Waals surface area contributed by atoms with E-state index in [9.17, 15) is 0 Å². The van der Waals surface area contributed by atoms with E-state index in [4.69, 9.17) is 4.74 Å². The third-order valence-electron chi connectivity index (χ3n) is 3.92. The molecule has 110 valence electrons. The van der Waals surface area contributed by atoms with E-state index in [2.05, 4.69) is 40.3 Å². The van der Waals surface area contributed by atoms with Crippen LogP contribution in [0.15, 0.2) is 42.6 Å². The molecular weight excluding hydrogens is 262 g/mol. The van der Waals surface area contributed by atoms with Crippen molar-refractivity contribution in [2.75, 3.05) is 25.1 Å². The molecule has 1 aliphatic rings. The van der Waals surface area contributed by atoms with Gasteiger partial charge in [-0.3, -0.25) is 0 Å². The fraction of sp³-hybridized carbons (Fsp3) is 0.353. The van der Waals surface area contributed by atoms with Crippen LogP contribution >= 0.6 is 0 Å². The Labute approximate surface area is 125 Å². The van der Waals surface area contributed by atoms with Gasteiger partial charge < -0.3 is 15.0 Å². The first-order valence-electron chi connectivity index (χ1n) is 7.42. The maximum atomic E-state index is 5.80. The van der Waals surface area contributed by atoms with Gasteiger partial charge in [-0.25, -0.2) is 4.98 Å². The van der Waals surface area contributed by atoms with Crippen molar-refractivity contribution in [1.29, 1.82) is 0 Å². The molecule has 1 aliphatic heterocycles. The SMILES string of the molecule is CNC(C)c1ccc(N2CCCOc3ccccc32)nc1. The quantitative estimate of drug-likeness (QED) is 0.938. The van der Waals surface area contributed by atoms with Gasteiger partial charge in [-0.2, -0.15) is 0 Å². The molecule has 0 spiro atoms. The molecule has 0 saturated carbocycles. The van der Waals surface area contributed by atoms with E-state index in [1.165, 1.54) is 5.56 Å². The highest BCUT2D eigenvalue weighted by Gasteiger charge is 2.18. The van der Waals surface area contributed by atoms with Gasteiger partial charge in [0.15, 0.2) is 0 Å². The second-order valence-corrected chi connectivity index (χ2v) is 5.28. The van der Waals surface area contributed by atoms with E-state index < -0.39 is 0 Å². The summed E-state index contributed by atoms with van der Waals surface area (Å²) in [5.41, 5.74) is 2.29. The molecule has 3 rings (SSSR count). The van der Waals surface area contributed by atoms with Gasteiger partial charge in [-0.1, -0.05) is 18.2 Å². The summed E-state index contributed by atoms with van der Waals surface area (Å²) in [6, 6.07) is 12.7. The first kappa shape index (κ1) is 13.9. The maximum absolute atomic E-state index is 5.80. The molecule has 2 aromatic rings. The number of para-hydroxylation sites is 2. The largest absolute Gasteiger partial charge is 0.491 e. The summed E-state index contributed by atoms with van der Waals surface area (Å²) in [5, 5.41) is 3.23. The number of rotatable bonds is 3. The lowest BCUT2D eigenvalue weighted by Gasteiger charge is -2.23. The van der Waals surface area contributed by atoms with Gasteiger partial charge in [0.2, 0.25) is 0 Å². The zero-order valence-corrected chi connectivity index (χ0v) is 12.5. The fourth-order valence-electron chi connectivity index (χ4n) is 2.55. The fourth-order valence-corrected chi connectivity index (χ4v) is 2.55. The summed E-state index contributed by atoms with van der Waals surface area (Å²) in [4.78, 5) is 6.87. The van der Waals surface area contributed by atoms with Gasteiger partial charge in [0, 0.05) is 18.8 Å². The first-order valence-corrected chi connectivity index (χ1v) is 7.42. The molecular formula is C17H21N3O. The van der Waals surface area contributed by atoms with Crippen molar-refractivity contribution in [1.82, 2.24) is 10.3 Å². The lowest BCUT2D eigenvalue weighted by molar-refractivity contribution is 0.322. The second kappa shape index (κ2) is 6.14. The zero-order chi connectivity index (χ0) is 14.7. The van der Waals surface area contributed by atoms with Crippen LogP contribution in [-0.2, 0) is 0 Å². The number of ether oxygens (including phenoxy) is 1. The van der Waals surface area contributed by atoms with Crippen molar-refractivity contribution in [2.45, 2.75) is 19.4 Å². The Morgan fingerprint density at radius 2 is 2.10 bits per heavy atom. The number of hydrogen-bond acceptors (Lipinski definition) is 4. The van der Waals surface area contributed by atoms with Crippen molar-refractivity contribution in [3.05, 3.63) is 48.2 Å². The van der Waals surface area contributed by atoms with Crippen LogP contribution in [0.3, 0.4) is 0 Å². The van der Waals surface area contributed by atoms with Crippen molar-refractivity contribution in [3.63, 3.8) is 0 Å². The molecule has 2 heterocycles. The van der Waals surface area contributed by atoms with Gasteiger partial charge in [-0.05, 0) is 44.2 Å². The molecule has 0 radical (unpaired) electrons. The monoisotopic (exact) mass is 283 g/mol. The number of benzene rings is 1. The number of pyridine rings is 1. The topological polar surface area (TPSA) is 37.4 Å². The standard InChI is InChI=1S/C17H21N3O/c1-13(18-2)14-8-9-17(19-12-14)20-10-5-11-21-16-7-4-3-6-15(16)20/h3-4,6-9,12-13,18H,5,10-11H2,1-2H3. The minimum absolute atomic E-state index is 0.311. The Hall–Kier alpha value is -2.07. The number of nitrogens with one attached hydrogen (secondary N) is 1. The number of anilines is 2. The van der Waals surface area contributed by atoms with Crippen LogP contribution in [0.4, 0.5) is 11.5 Å².